The zero-order valence-corrected chi connectivity index (χ0v) is 14.5. The van der Waals surface area contributed by atoms with Crippen LogP contribution in [0.4, 0.5) is 11.5 Å². The molecule has 4 rings (SSSR count). The van der Waals surface area contributed by atoms with E-state index in [0.29, 0.717) is 0 Å². The maximum absolute atomic E-state index is 6.00. The Morgan fingerprint density at radius 3 is 2.79 bits per heavy atom. The number of aryl methyl sites for hydroxylation is 1. The lowest BCUT2D eigenvalue weighted by molar-refractivity contribution is 0.660. The molecule has 1 aromatic carbocycles. The average molecular weight is 356 g/mol. The number of fused-ring (bicyclic) bond motifs is 1. The first-order valence-corrected chi connectivity index (χ1v) is 8.78. The Morgan fingerprint density at radius 1 is 1.21 bits per heavy atom. The molecule has 0 aliphatic carbocycles. The Balaban J connectivity index is 1.80. The van der Waals surface area contributed by atoms with Crippen molar-refractivity contribution in [2.45, 2.75) is 13.5 Å². The number of anilines is 2. The molecule has 120 valence electrons. The molecule has 7 heteroatoms. The minimum atomic E-state index is 0.722. The summed E-state index contributed by atoms with van der Waals surface area (Å²) >= 11 is 7.60. The monoisotopic (exact) mass is 355 g/mol. The second-order valence-electron chi connectivity index (χ2n) is 5.27. The Bertz CT molecular complexity index is 990. The number of thiophene rings is 1. The summed E-state index contributed by atoms with van der Waals surface area (Å²) in [7, 11) is 0. The number of aromatic nitrogens is 4. The highest BCUT2D eigenvalue weighted by Crippen LogP contribution is 2.37. The molecule has 0 radical (unpaired) electrons. The van der Waals surface area contributed by atoms with Gasteiger partial charge in [-0.2, -0.15) is 5.10 Å². The summed E-state index contributed by atoms with van der Waals surface area (Å²) in [5.41, 5.74) is 3.09. The molecule has 3 heterocycles. The van der Waals surface area contributed by atoms with Crippen LogP contribution in [0.3, 0.4) is 0 Å². The lowest BCUT2D eigenvalue weighted by Crippen LogP contribution is -1.95. The van der Waals surface area contributed by atoms with E-state index in [9.17, 15) is 0 Å². The SMILES string of the molecule is CCn1cc(Nc2ncnc3scc(-c4ccc(Cl)cc4)c23)cn1. The van der Waals surface area contributed by atoms with Crippen LogP contribution in [0, 0.1) is 0 Å². The second-order valence-corrected chi connectivity index (χ2v) is 6.56. The average Bonchev–Trinajstić information content (AvgIpc) is 3.23. The molecule has 0 amide bonds. The molecule has 0 fully saturated rings. The molecule has 0 aliphatic rings. The number of nitrogens with one attached hydrogen (secondary N) is 1. The van der Waals surface area contributed by atoms with Crippen molar-refractivity contribution in [1.82, 2.24) is 19.7 Å². The van der Waals surface area contributed by atoms with Crippen LogP contribution in [0.1, 0.15) is 6.92 Å². The highest BCUT2D eigenvalue weighted by Gasteiger charge is 2.13. The van der Waals surface area contributed by atoms with Gasteiger partial charge in [-0.1, -0.05) is 23.7 Å². The van der Waals surface area contributed by atoms with Crippen molar-refractivity contribution < 1.29 is 0 Å². The van der Waals surface area contributed by atoms with Crippen LogP contribution in [-0.2, 0) is 6.54 Å². The van der Waals surface area contributed by atoms with Gasteiger partial charge in [0, 0.05) is 28.7 Å². The summed E-state index contributed by atoms with van der Waals surface area (Å²) in [6.45, 7) is 2.88. The highest BCUT2D eigenvalue weighted by molar-refractivity contribution is 7.17. The smallest absolute Gasteiger partial charge is 0.143 e. The van der Waals surface area contributed by atoms with Crippen molar-refractivity contribution in [2.75, 3.05) is 5.32 Å². The van der Waals surface area contributed by atoms with E-state index in [1.165, 1.54) is 0 Å². The zero-order chi connectivity index (χ0) is 16.5. The van der Waals surface area contributed by atoms with Gasteiger partial charge in [0.15, 0.2) is 0 Å². The van der Waals surface area contributed by atoms with Crippen molar-refractivity contribution in [3.05, 3.63) is 53.4 Å². The van der Waals surface area contributed by atoms with Crippen LogP contribution < -0.4 is 5.32 Å². The molecule has 0 aliphatic heterocycles. The largest absolute Gasteiger partial charge is 0.337 e. The van der Waals surface area contributed by atoms with Crippen molar-refractivity contribution in [3.8, 4) is 11.1 Å². The number of halogens is 1. The lowest BCUT2D eigenvalue weighted by atomic mass is 10.1. The maximum Gasteiger partial charge on any atom is 0.143 e. The predicted octanol–water partition coefficient (Wildman–Crippen LogP) is 4.97. The third kappa shape index (κ3) is 2.74. The third-order valence-electron chi connectivity index (χ3n) is 3.75. The highest BCUT2D eigenvalue weighted by atomic mass is 35.5. The Hall–Kier alpha value is -2.44. The van der Waals surface area contributed by atoms with Crippen LogP contribution in [0.2, 0.25) is 5.02 Å². The maximum atomic E-state index is 6.00. The lowest BCUT2D eigenvalue weighted by Gasteiger charge is -2.06. The molecular formula is C17H14ClN5S. The first-order valence-electron chi connectivity index (χ1n) is 7.52. The van der Waals surface area contributed by atoms with E-state index >= 15 is 0 Å². The van der Waals surface area contributed by atoms with Gasteiger partial charge >= 0.3 is 0 Å². The normalized spacial score (nSPS) is 11.1. The number of hydrogen-bond acceptors (Lipinski definition) is 5. The van der Waals surface area contributed by atoms with E-state index in [0.717, 1.165) is 44.4 Å². The number of nitrogens with zero attached hydrogens (tertiary/aromatic N) is 4. The summed E-state index contributed by atoms with van der Waals surface area (Å²) in [5.74, 6) is 0.779. The van der Waals surface area contributed by atoms with Gasteiger partial charge in [-0.3, -0.25) is 4.68 Å². The van der Waals surface area contributed by atoms with Crippen LogP contribution in [0.25, 0.3) is 21.3 Å². The van der Waals surface area contributed by atoms with E-state index in [1.54, 1.807) is 23.9 Å². The molecule has 0 saturated carbocycles. The van der Waals surface area contributed by atoms with Gasteiger partial charge in [-0.15, -0.1) is 11.3 Å². The van der Waals surface area contributed by atoms with Gasteiger partial charge < -0.3 is 5.32 Å². The molecule has 0 spiro atoms. The summed E-state index contributed by atoms with van der Waals surface area (Å²) in [5, 5.41) is 11.5. The molecule has 0 bridgehead atoms. The van der Waals surface area contributed by atoms with Crippen LogP contribution in [-0.4, -0.2) is 19.7 Å². The van der Waals surface area contributed by atoms with Gasteiger partial charge in [0.05, 0.1) is 17.3 Å². The van der Waals surface area contributed by atoms with Gasteiger partial charge in [-0.25, -0.2) is 9.97 Å². The molecule has 3 aromatic heterocycles. The minimum Gasteiger partial charge on any atom is -0.337 e. The first-order chi connectivity index (χ1) is 11.7. The van der Waals surface area contributed by atoms with Crippen molar-refractivity contribution in [1.29, 1.82) is 0 Å². The van der Waals surface area contributed by atoms with E-state index in [-0.39, 0.29) is 0 Å². The molecule has 1 N–H and O–H groups in total. The Morgan fingerprint density at radius 2 is 2.04 bits per heavy atom. The fourth-order valence-electron chi connectivity index (χ4n) is 2.55. The molecule has 24 heavy (non-hydrogen) atoms. The van der Waals surface area contributed by atoms with Crippen LogP contribution in [0.5, 0.6) is 0 Å². The minimum absolute atomic E-state index is 0.722. The quantitative estimate of drug-likeness (QED) is 0.561. The molecule has 4 aromatic rings. The van der Waals surface area contributed by atoms with Crippen LogP contribution in [0.15, 0.2) is 48.4 Å². The van der Waals surface area contributed by atoms with Crippen molar-refractivity contribution in [3.63, 3.8) is 0 Å². The van der Waals surface area contributed by atoms with Crippen LogP contribution >= 0.6 is 22.9 Å². The molecular weight excluding hydrogens is 342 g/mol. The molecule has 0 unspecified atom stereocenters. The van der Waals surface area contributed by atoms with Gasteiger partial charge in [-0.05, 0) is 24.6 Å². The van der Waals surface area contributed by atoms with Gasteiger partial charge in [0.2, 0.25) is 0 Å². The third-order valence-corrected chi connectivity index (χ3v) is 4.88. The predicted molar refractivity (Wildman–Crippen MR) is 99.0 cm³/mol. The van der Waals surface area contributed by atoms with E-state index in [4.69, 9.17) is 11.6 Å². The number of rotatable bonds is 4. The molecule has 0 saturated heterocycles. The van der Waals surface area contributed by atoms with Gasteiger partial charge in [0.1, 0.15) is 17.0 Å². The molecule has 0 atom stereocenters. The van der Waals surface area contributed by atoms with E-state index in [2.05, 4.69) is 32.7 Å². The summed E-state index contributed by atoms with van der Waals surface area (Å²) in [4.78, 5) is 9.77. The van der Waals surface area contributed by atoms with Crippen molar-refractivity contribution >= 4 is 44.7 Å². The first kappa shape index (κ1) is 15.1. The summed E-state index contributed by atoms with van der Waals surface area (Å²) in [6.07, 6.45) is 5.34. The van der Waals surface area contributed by atoms with E-state index in [1.807, 2.05) is 35.1 Å². The fraction of sp³-hybridized carbons (Fsp3) is 0.118. The number of hydrogen-bond donors (Lipinski definition) is 1. The molecule has 5 nitrogen and oxygen atoms in total. The Labute approximate surface area is 147 Å². The Kier molecular flexibility index (Phi) is 3.92. The topological polar surface area (TPSA) is 55.6 Å². The summed E-state index contributed by atoms with van der Waals surface area (Å²) in [6, 6.07) is 7.80. The van der Waals surface area contributed by atoms with Gasteiger partial charge in [0.25, 0.3) is 0 Å². The standard InChI is InChI=1S/C17H14ClN5S/c1-2-23-8-13(7-21-23)22-16-15-14(9-24-17(15)20-10-19-16)11-3-5-12(18)6-4-11/h3-10H,2H2,1H3,(H,19,20,22). The van der Waals surface area contributed by atoms with Crippen molar-refractivity contribution in [2.24, 2.45) is 0 Å². The van der Waals surface area contributed by atoms with E-state index < -0.39 is 0 Å². The second kappa shape index (κ2) is 6.22. The number of benzene rings is 1. The zero-order valence-electron chi connectivity index (χ0n) is 12.9. The summed E-state index contributed by atoms with van der Waals surface area (Å²) < 4.78 is 1.87. The fourth-order valence-corrected chi connectivity index (χ4v) is 3.59.